The van der Waals surface area contributed by atoms with Gasteiger partial charge in [-0.05, 0) is 38.0 Å². The van der Waals surface area contributed by atoms with Gasteiger partial charge in [-0.2, -0.15) is 0 Å². The fourth-order valence-electron chi connectivity index (χ4n) is 1.70. The summed E-state index contributed by atoms with van der Waals surface area (Å²) in [5.74, 6) is -0.212. The molecule has 1 rings (SSSR count). The van der Waals surface area contributed by atoms with Crippen LogP contribution in [0.3, 0.4) is 0 Å². The fraction of sp³-hybridized carbons (Fsp3) is 0.462. The second kappa shape index (κ2) is 6.03. The zero-order valence-corrected chi connectivity index (χ0v) is 11.4. The van der Waals surface area contributed by atoms with Gasteiger partial charge in [0.2, 0.25) is 5.91 Å². The lowest BCUT2D eigenvalue weighted by molar-refractivity contribution is -0.118. The summed E-state index contributed by atoms with van der Waals surface area (Å²) in [4.78, 5) is 13.5. The van der Waals surface area contributed by atoms with Crippen LogP contribution in [0, 0.1) is 13.8 Å². The van der Waals surface area contributed by atoms with Crippen LogP contribution in [0.25, 0.3) is 0 Å². The van der Waals surface area contributed by atoms with Crippen molar-refractivity contribution in [2.24, 2.45) is 0 Å². The van der Waals surface area contributed by atoms with Crippen molar-refractivity contribution in [2.45, 2.75) is 27.0 Å². The molecular weight excluding hydrogens is 238 g/mol. The van der Waals surface area contributed by atoms with Crippen LogP contribution in [0.1, 0.15) is 18.1 Å². The van der Waals surface area contributed by atoms with Gasteiger partial charge in [0.15, 0.2) is 0 Å². The van der Waals surface area contributed by atoms with Gasteiger partial charge in [0, 0.05) is 12.8 Å². The van der Waals surface area contributed by atoms with Gasteiger partial charge in [-0.3, -0.25) is 9.69 Å². The Balaban J connectivity index is 3.22. The van der Waals surface area contributed by atoms with Gasteiger partial charge in [-0.25, -0.2) is 0 Å². The Kier molecular flexibility index (Phi) is 4.97. The summed E-state index contributed by atoms with van der Waals surface area (Å²) < 4.78 is 5.23. The molecule has 0 aliphatic carbocycles. The highest BCUT2D eigenvalue weighted by atomic mass is 35.5. The van der Waals surface area contributed by atoms with Gasteiger partial charge in [0.1, 0.15) is 12.1 Å². The third-order valence-corrected chi connectivity index (χ3v) is 3.15. The van der Waals surface area contributed by atoms with Crippen molar-refractivity contribution in [1.29, 1.82) is 0 Å². The van der Waals surface area contributed by atoms with Crippen molar-refractivity contribution in [1.82, 2.24) is 0 Å². The topological polar surface area (TPSA) is 29.5 Å². The number of amides is 1. The average molecular weight is 256 g/mol. The molecule has 1 aromatic carbocycles. The summed E-state index contributed by atoms with van der Waals surface area (Å²) >= 11 is 5.64. The Morgan fingerprint density at radius 3 is 2.65 bits per heavy atom. The van der Waals surface area contributed by atoms with Gasteiger partial charge in [0.05, 0.1) is 0 Å². The third-order valence-electron chi connectivity index (χ3n) is 2.92. The molecule has 1 unspecified atom stereocenters. The number of benzene rings is 1. The molecule has 94 valence electrons. The standard InChI is InChI=1S/C13H18ClNO2/c1-9-6-5-7-12(10(9)2)15(11(3)17-4)13(16)8-14/h5-7,11H,8H2,1-4H3. The van der Waals surface area contributed by atoms with Crippen LogP contribution in [0.15, 0.2) is 18.2 Å². The summed E-state index contributed by atoms with van der Waals surface area (Å²) in [6, 6.07) is 5.84. The molecule has 0 aliphatic rings. The number of alkyl halides is 1. The second-order valence-corrected chi connectivity index (χ2v) is 4.22. The van der Waals surface area contributed by atoms with Crippen molar-refractivity contribution < 1.29 is 9.53 Å². The highest BCUT2D eigenvalue weighted by Gasteiger charge is 2.22. The number of carbonyl (C=O) groups is 1. The quantitative estimate of drug-likeness (QED) is 0.612. The van der Waals surface area contributed by atoms with Crippen molar-refractivity contribution in [3.8, 4) is 0 Å². The summed E-state index contributed by atoms with van der Waals surface area (Å²) in [6.45, 7) is 5.83. The molecule has 0 saturated carbocycles. The largest absolute Gasteiger partial charge is 0.361 e. The third kappa shape index (κ3) is 2.99. The van der Waals surface area contributed by atoms with E-state index in [1.54, 1.807) is 12.0 Å². The lowest BCUT2D eigenvalue weighted by Crippen LogP contribution is -2.41. The number of nitrogens with zero attached hydrogens (tertiary/aromatic N) is 1. The Morgan fingerprint density at radius 2 is 2.12 bits per heavy atom. The van der Waals surface area contributed by atoms with Crippen LogP contribution in [-0.4, -0.2) is 25.1 Å². The molecule has 0 N–H and O–H groups in total. The van der Waals surface area contributed by atoms with Gasteiger partial charge < -0.3 is 4.74 Å². The molecule has 0 aliphatic heterocycles. The minimum atomic E-state index is -0.332. The molecule has 0 aromatic heterocycles. The molecule has 0 bridgehead atoms. The SMILES string of the molecule is COC(C)N(C(=O)CCl)c1cccc(C)c1C. The van der Waals surface area contributed by atoms with E-state index in [2.05, 4.69) is 0 Å². The maximum absolute atomic E-state index is 11.9. The molecule has 1 amide bonds. The predicted molar refractivity (Wildman–Crippen MR) is 70.6 cm³/mol. The van der Waals surface area contributed by atoms with E-state index in [1.165, 1.54) is 0 Å². The average Bonchev–Trinajstić information content (AvgIpc) is 2.34. The maximum atomic E-state index is 11.9. The predicted octanol–water partition coefficient (Wildman–Crippen LogP) is 2.87. The van der Waals surface area contributed by atoms with E-state index in [0.29, 0.717) is 0 Å². The highest BCUT2D eigenvalue weighted by Crippen LogP contribution is 2.25. The van der Waals surface area contributed by atoms with Crippen molar-refractivity contribution in [2.75, 3.05) is 17.9 Å². The summed E-state index contributed by atoms with van der Waals surface area (Å²) in [5.41, 5.74) is 3.05. The smallest absolute Gasteiger partial charge is 0.244 e. The molecule has 1 aromatic rings. The molecule has 0 spiro atoms. The number of hydrogen-bond acceptors (Lipinski definition) is 2. The zero-order chi connectivity index (χ0) is 13.0. The number of hydrogen-bond donors (Lipinski definition) is 0. The Bertz CT molecular complexity index is 406. The number of anilines is 1. The van der Waals surface area contributed by atoms with Crippen LogP contribution in [0.4, 0.5) is 5.69 Å². The van der Waals surface area contributed by atoms with Crippen molar-refractivity contribution in [3.63, 3.8) is 0 Å². The summed E-state index contributed by atoms with van der Waals surface area (Å²) in [7, 11) is 1.57. The molecular formula is C13H18ClNO2. The molecule has 4 heteroatoms. The molecule has 0 saturated heterocycles. The minimum absolute atomic E-state index is 0.0545. The summed E-state index contributed by atoms with van der Waals surface area (Å²) in [6.07, 6.45) is -0.332. The minimum Gasteiger partial charge on any atom is -0.361 e. The van der Waals surface area contributed by atoms with E-state index in [4.69, 9.17) is 16.3 Å². The van der Waals surface area contributed by atoms with E-state index < -0.39 is 0 Å². The fourth-order valence-corrected chi connectivity index (χ4v) is 1.83. The van der Waals surface area contributed by atoms with E-state index in [0.717, 1.165) is 16.8 Å². The normalized spacial score (nSPS) is 12.3. The summed E-state index contributed by atoms with van der Waals surface area (Å²) in [5, 5.41) is 0. The van der Waals surface area contributed by atoms with Crippen LogP contribution in [0.2, 0.25) is 0 Å². The molecule has 1 atom stereocenters. The van der Waals surface area contributed by atoms with E-state index in [1.807, 2.05) is 39.0 Å². The van der Waals surface area contributed by atoms with Gasteiger partial charge in [-0.15, -0.1) is 11.6 Å². The lowest BCUT2D eigenvalue weighted by atomic mass is 10.1. The first-order chi connectivity index (χ1) is 8.02. The van der Waals surface area contributed by atoms with Crippen LogP contribution < -0.4 is 4.90 Å². The molecule has 0 radical (unpaired) electrons. The van der Waals surface area contributed by atoms with Crippen molar-refractivity contribution in [3.05, 3.63) is 29.3 Å². The van der Waals surface area contributed by atoms with Gasteiger partial charge >= 0.3 is 0 Å². The zero-order valence-electron chi connectivity index (χ0n) is 10.7. The van der Waals surface area contributed by atoms with Crippen LogP contribution in [0.5, 0.6) is 0 Å². The molecule has 17 heavy (non-hydrogen) atoms. The Labute approximate surface area is 107 Å². The van der Waals surface area contributed by atoms with E-state index >= 15 is 0 Å². The van der Waals surface area contributed by atoms with Crippen molar-refractivity contribution >= 4 is 23.2 Å². The van der Waals surface area contributed by atoms with Crippen LogP contribution >= 0.6 is 11.6 Å². The number of rotatable bonds is 4. The first-order valence-corrected chi connectivity index (χ1v) is 6.03. The highest BCUT2D eigenvalue weighted by molar-refractivity contribution is 6.29. The number of methoxy groups -OCH3 is 1. The van der Waals surface area contributed by atoms with Crippen LogP contribution in [-0.2, 0) is 9.53 Å². The van der Waals surface area contributed by atoms with E-state index in [9.17, 15) is 4.79 Å². The Morgan fingerprint density at radius 1 is 1.47 bits per heavy atom. The number of ether oxygens (including phenoxy) is 1. The number of aryl methyl sites for hydroxylation is 1. The molecule has 3 nitrogen and oxygen atoms in total. The number of carbonyl (C=O) groups excluding carboxylic acids is 1. The first-order valence-electron chi connectivity index (χ1n) is 5.50. The Hall–Kier alpha value is -1.06. The molecule has 0 heterocycles. The lowest BCUT2D eigenvalue weighted by Gasteiger charge is -2.29. The second-order valence-electron chi connectivity index (χ2n) is 3.95. The number of halogens is 1. The van der Waals surface area contributed by atoms with Gasteiger partial charge in [-0.1, -0.05) is 12.1 Å². The van der Waals surface area contributed by atoms with E-state index in [-0.39, 0.29) is 18.0 Å². The maximum Gasteiger partial charge on any atom is 0.244 e. The van der Waals surface area contributed by atoms with Gasteiger partial charge in [0.25, 0.3) is 0 Å². The first kappa shape index (κ1) is 14.0. The monoisotopic (exact) mass is 255 g/mol. The molecule has 0 fully saturated rings.